The Kier molecular flexibility index (Phi) is 3.96. The van der Waals surface area contributed by atoms with Crippen molar-refractivity contribution in [3.05, 3.63) is 29.3 Å². The van der Waals surface area contributed by atoms with E-state index in [1.54, 1.807) is 19.1 Å². The van der Waals surface area contributed by atoms with Gasteiger partial charge in [0.1, 0.15) is 5.75 Å². The maximum atomic E-state index is 11.3. The third-order valence-corrected chi connectivity index (χ3v) is 2.25. The van der Waals surface area contributed by atoms with Crippen LogP contribution in [0.2, 0.25) is 5.02 Å². The number of ether oxygens (including phenoxy) is 1. The molecule has 1 unspecified atom stereocenters. The van der Waals surface area contributed by atoms with Gasteiger partial charge in [-0.3, -0.25) is 4.79 Å². The first-order chi connectivity index (χ1) is 6.65. The minimum absolute atomic E-state index is 0.0740. The summed E-state index contributed by atoms with van der Waals surface area (Å²) < 4.78 is 5.42. The summed E-state index contributed by atoms with van der Waals surface area (Å²) in [6, 6.07) is 7.13. The van der Waals surface area contributed by atoms with Crippen molar-refractivity contribution in [2.75, 3.05) is 0 Å². The molecule has 0 aliphatic carbocycles. The number of hydrogen-bond donors (Lipinski definition) is 0. The quantitative estimate of drug-likeness (QED) is 0.767. The van der Waals surface area contributed by atoms with Gasteiger partial charge in [-0.1, -0.05) is 30.7 Å². The maximum Gasteiger partial charge on any atom is 0.172 e. The van der Waals surface area contributed by atoms with Crippen molar-refractivity contribution in [1.29, 1.82) is 0 Å². The van der Waals surface area contributed by atoms with Crippen molar-refractivity contribution in [3.8, 4) is 5.75 Å². The lowest BCUT2D eigenvalue weighted by molar-refractivity contribution is -0.124. The molecule has 76 valence electrons. The van der Waals surface area contributed by atoms with Gasteiger partial charge in [-0.2, -0.15) is 0 Å². The van der Waals surface area contributed by atoms with Gasteiger partial charge in [0.25, 0.3) is 0 Å². The number of Topliss-reactive ketones (excluding diaryl/α,β-unsaturated/α-hetero) is 1. The van der Waals surface area contributed by atoms with Crippen LogP contribution in [-0.2, 0) is 4.79 Å². The largest absolute Gasteiger partial charge is 0.481 e. The third-order valence-electron chi connectivity index (χ3n) is 1.94. The first kappa shape index (κ1) is 11.1. The lowest BCUT2D eigenvalue weighted by atomic mass is 10.2. The van der Waals surface area contributed by atoms with Crippen LogP contribution in [0, 0.1) is 0 Å². The highest BCUT2D eigenvalue weighted by Crippen LogP contribution is 2.24. The second-order valence-corrected chi connectivity index (χ2v) is 3.42. The summed E-state index contributed by atoms with van der Waals surface area (Å²) in [4.78, 5) is 11.3. The molecule has 2 nitrogen and oxygen atoms in total. The number of halogens is 1. The molecular formula is C11H13ClO2. The molecule has 1 aromatic rings. The van der Waals surface area contributed by atoms with E-state index in [1.165, 1.54) is 0 Å². The van der Waals surface area contributed by atoms with E-state index in [0.29, 0.717) is 17.2 Å². The number of hydrogen-bond acceptors (Lipinski definition) is 2. The highest BCUT2D eigenvalue weighted by atomic mass is 35.5. The Balaban J connectivity index is 2.69. The lowest BCUT2D eigenvalue weighted by Gasteiger charge is -2.13. The Hall–Kier alpha value is -1.02. The zero-order valence-electron chi connectivity index (χ0n) is 8.29. The first-order valence-electron chi connectivity index (χ1n) is 4.59. The van der Waals surface area contributed by atoms with Crippen molar-refractivity contribution < 1.29 is 9.53 Å². The lowest BCUT2D eigenvalue weighted by Crippen LogP contribution is -2.22. The Labute approximate surface area is 88.8 Å². The number of ketones is 1. The van der Waals surface area contributed by atoms with Gasteiger partial charge in [0.2, 0.25) is 0 Å². The van der Waals surface area contributed by atoms with Crippen LogP contribution in [-0.4, -0.2) is 11.9 Å². The van der Waals surface area contributed by atoms with Crippen molar-refractivity contribution in [2.45, 2.75) is 26.4 Å². The molecule has 0 N–H and O–H groups in total. The summed E-state index contributed by atoms with van der Waals surface area (Å²) in [6.45, 7) is 3.55. The standard InChI is InChI=1S/C11H13ClO2/c1-3-10(13)8(2)14-11-7-5-4-6-9(11)12/h4-8H,3H2,1-2H3. The topological polar surface area (TPSA) is 26.3 Å². The van der Waals surface area contributed by atoms with Gasteiger partial charge >= 0.3 is 0 Å². The number of rotatable bonds is 4. The molecule has 0 aliphatic rings. The van der Waals surface area contributed by atoms with Crippen LogP contribution in [0.1, 0.15) is 20.3 Å². The first-order valence-corrected chi connectivity index (χ1v) is 4.96. The Bertz CT molecular complexity index is 323. The van der Waals surface area contributed by atoms with Gasteiger partial charge in [-0.05, 0) is 19.1 Å². The Morgan fingerprint density at radius 2 is 2.14 bits per heavy atom. The van der Waals surface area contributed by atoms with Crippen molar-refractivity contribution >= 4 is 17.4 Å². The highest BCUT2D eigenvalue weighted by Gasteiger charge is 2.13. The van der Waals surface area contributed by atoms with Crippen molar-refractivity contribution in [3.63, 3.8) is 0 Å². The van der Waals surface area contributed by atoms with E-state index in [9.17, 15) is 4.79 Å². The van der Waals surface area contributed by atoms with E-state index >= 15 is 0 Å². The summed E-state index contributed by atoms with van der Waals surface area (Å²) in [5.41, 5.74) is 0. The summed E-state index contributed by atoms with van der Waals surface area (Å²) >= 11 is 5.88. The fraction of sp³-hybridized carbons (Fsp3) is 0.364. The number of carbonyl (C=O) groups is 1. The van der Waals surface area contributed by atoms with E-state index in [0.717, 1.165) is 0 Å². The predicted octanol–water partition coefficient (Wildman–Crippen LogP) is 3.09. The van der Waals surface area contributed by atoms with Crippen LogP contribution in [0.4, 0.5) is 0 Å². The fourth-order valence-corrected chi connectivity index (χ4v) is 1.26. The molecule has 0 heterocycles. The smallest absolute Gasteiger partial charge is 0.172 e. The summed E-state index contributed by atoms with van der Waals surface area (Å²) in [6.07, 6.45) is 0.0471. The van der Waals surface area contributed by atoms with Crippen molar-refractivity contribution in [1.82, 2.24) is 0 Å². The third kappa shape index (κ3) is 2.74. The van der Waals surface area contributed by atoms with E-state index in [2.05, 4.69) is 0 Å². The van der Waals surface area contributed by atoms with Crippen LogP contribution < -0.4 is 4.74 Å². The minimum atomic E-state index is -0.431. The second kappa shape index (κ2) is 5.01. The molecule has 0 spiro atoms. The molecule has 14 heavy (non-hydrogen) atoms. The Morgan fingerprint density at radius 1 is 1.50 bits per heavy atom. The summed E-state index contributed by atoms with van der Waals surface area (Å²) in [7, 11) is 0. The minimum Gasteiger partial charge on any atom is -0.481 e. The molecule has 0 bridgehead atoms. The number of carbonyl (C=O) groups excluding carboxylic acids is 1. The number of benzene rings is 1. The molecule has 0 saturated heterocycles. The molecule has 0 radical (unpaired) electrons. The van der Waals surface area contributed by atoms with Crippen LogP contribution in [0.3, 0.4) is 0 Å². The molecule has 0 aliphatic heterocycles. The predicted molar refractivity (Wildman–Crippen MR) is 56.8 cm³/mol. The maximum absolute atomic E-state index is 11.3. The number of para-hydroxylation sites is 1. The summed E-state index contributed by atoms with van der Waals surface area (Å²) in [5.74, 6) is 0.633. The zero-order chi connectivity index (χ0) is 10.6. The molecule has 1 atom stereocenters. The average Bonchev–Trinajstić information content (AvgIpc) is 2.20. The van der Waals surface area contributed by atoms with Crippen LogP contribution >= 0.6 is 11.6 Å². The molecule has 0 saturated carbocycles. The van der Waals surface area contributed by atoms with Crippen LogP contribution in [0.25, 0.3) is 0 Å². The summed E-state index contributed by atoms with van der Waals surface area (Å²) in [5, 5.41) is 0.531. The fourth-order valence-electron chi connectivity index (χ4n) is 1.08. The van der Waals surface area contributed by atoms with Crippen molar-refractivity contribution in [2.24, 2.45) is 0 Å². The van der Waals surface area contributed by atoms with E-state index in [1.807, 2.05) is 19.1 Å². The van der Waals surface area contributed by atoms with Gasteiger partial charge in [0.05, 0.1) is 5.02 Å². The van der Waals surface area contributed by atoms with E-state index < -0.39 is 6.10 Å². The zero-order valence-corrected chi connectivity index (χ0v) is 9.04. The normalized spacial score (nSPS) is 12.2. The molecular weight excluding hydrogens is 200 g/mol. The van der Waals surface area contributed by atoms with Gasteiger partial charge in [-0.25, -0.2) is 0 Å². The average molecular weight is 213 g/mol. The van der Waals surface area contributed by atoms with Crippen LogP contribution in [0.15, 0.2) is 24.3 Å². The van der Waals surface area contributed by atoms with Gasteiger partial charge in [0.15, 0.2) is 11.9 Å². The monoisotopic (exact) mass is 212 g/mol. The Morgan fingerprint density at radius 3 is 2.71 bits per heavy atom. The van der Waals surface area contributed by atoms with E-state index in [4.69, 9.17) is 16.3 Å². The van der Waals surface area contributed by atoms with Crippen LogP contribution in [0.5, 0.6) is 5.75 Å². The molecule has 3 heteroatoms. The van der Waals surface area contributed by atoms with Gasteiger partial charge in [0, 0.05) is 6.42 Å². The molecule has 0 fully saturated rings. The molecule has 1 aromatic carbocycles. The van der Waals surface area contributed by atoms with Gasteiger partial charge < -0.3 is 4.74 Å². The molecule has 0 amide bonds. The SMILES string of the molecule is CCC(=O)C(C)Oc1ccccc1Cl. The molecule has 1 rings (SSSR count). The molecule has 0 aromatic heterocycles. The second-order valence-electron chi connectivity index (χ2n) is 3.01. The van der Waals surface area contributed by atoms with Gasteiger partial charge in [-0.15, -0.1) is 0 Å². The van der Waals surface area contributed by atoms with E-state index in [-0.39, 0.29) is 5.78 Å². The highest BCUT2D eigenvalue weighted by molar-refractivity contribution is 6.32.